The SMILES string of the molecule is CC(C)C1CC(C)(c2ccccc2)C1. The molecule has 0 saturated heterocycles. The van der Waals surface area contributed by atoms with E-state index in [9.17, 15) is 0 Å². The van der Waals surface area contributed by atoms with Crippen LogP contribution in [0.1, 0.15) is 39.2 Å². The van der Waals surface area contributed by atoms with Gasteiger partial charge >= 0.3 is 0 Å². The van der Waals surface area contributed by atoms with Gasteiger partial charge in [-0.1, -0.05) is 51.1 Å². The summed E-state index contributed by atoms with van der Waals surface area (Å²) in [6.45, 7) is 7.09. The third-order valence-electron chi connectivity index (χ3n) is 3.84. The second-order valence-electron chi connectivity index (χ2n) is 5.34. The molecule has 1 aliphatic rings. The monoisotopic (exact) mass is 188 g/mol. The fraction of sp³-hybridized carbons (Fsp3) is 0.571. The maximum Gasteiger partial charge on any atom is -0.00698 e. The van der Waals surface area contributed by atoms with E-state index in [2.05, 4.69) is 51.1 Å². The van der Waals surface area contributed by atoms with Gasteiger partial charge in [0, 0.05) is 0 Å². The molecule has 1 aromatic rings. The first-order valence-corrected chi connectivity index (χ1v) is 5.67. The van der Waals surface area contributed by atoms with Crippen molar-refractivity contribution in [1.82, 2.24) is 0 Å². The zero-order valence-corrected chi connectivity index (χ0v) is 9.46. The summed E-state index contributed by atoms with van der Waals surface area (Å²) in [5.74, 6) is 1.80. The quantitative estimate of drug-likeness (QED) is 0.658. The first-order chi connectivity index (χ1) is 6.62. The summed E-state index contributed by atoms with van der Waals surface area (Å²) in [5, 5.41) is 0. The Morgan fingerprint density at radius 3 is 2.21 bits per heavy atom. The van der Waals surface area contributed by atoms with Crippen molar-refractivity contribution in [1.29, 1.82) is 0 Å². The van der Waals surface area contributed by atoms with Crippen LogP contribution in [0.5, 0.6) is 0 Å². The van der Waals surface area contributed by atoms with Crippen molar-refractivity contribution in [2.75, 3.05) is 0 Å². The van der Waals surface area contributed by atoms with Crippen LogP contribution in [0.3, 0.4) is 0 Å². The fourth-order valence-electron chi connectivity index (χ4n) is 2.65. The van der Waals surface area contributed by atoms with Gasteiger partial charge < -0.3 is 0 Å². The summed E-state index contributed by atoms with van der Waals surface area (Å²) in [5.41, 5.74) is 1.99. The van der Waals surface area contributed by atoms with Crippen molar-refractivity contribution in [2.45, 2.75) is 39.0 Å². The van der Waals surface area contributed by atoms with Crippen LogP contribution in [0.15, 0.2) is 30.3 Å². The maximum absolute atomic E-state index is 2.40. The lowest BCUT2D eigenvalue weighted by Gasteiger charge is -2.48. The molecule has 0 amide bonds. The van der Waals surface area contributed by atoms with Gasteiger partial charge in [0.1, 0.15) is 0 Å². The molecule has 0 spiro atoms. The summed E-state index contributed by atoms with van der Waals surface area (Å²) >= 11 is 0. The standard InChI is InChI=1S/C14H20/c1-11(2)12-9-14(3,10-12)13-7-5-4-6-8-13/h4-8,11-12H,9-10H2,1-3H3. The highest BCUT2D eigenvalue weighted by Gasteiger charge is 2.42. The fourth-order valence-corrected chi connectivity index (χ4v) is 2.65. The maximum atomic E-state index is 2.40. The van der Waals surface area contributed by atoms with E-state index in [1.807, 2.05) is 0 Å². The van der Waals surface area contributed by atoms with Crippen LogP contribution >= 0.6 is 0 Å². The van der Waals surface area contributed by atoms with E-state index in [1.54, 1.807) is 0 Å². The molecule has 0 atom stereocenters. The first-order valence-electron chi connectivity index (χ1n) is 5.67. The minimum Gasteiger partial charge on any atom is -0.0625 e. The van der Waals surface area contributed by atoms with Crippen LogP contribution < -0.4 is 0 Å². The van der Waals surface area contributed by atoms with E-state index in [0.29, 0.717) is 5.41 Å². The molecule has 76 valence electrons. The van der Waals surface area contributed by atoms with Crippen LogP contribution in [0.25, 0.3) is 0 Å². The lowest BCUT2D eigenvalue weighted by atomic mass is 9.57. The first kappa shape index (κ1) is 9.76. The minimum atomic E-state index is 0.468. The van der Waals surface area contributed by atoms with E-state index >= 15 is 0 Å². The normalized spacial score (nSPS) is 31.6. The topological polar surface area (TPSA) is 0 Å². The average Bonchev–Trinajstić information content (AvgIpc) is 2.14. The van der Waals surface area contributed by atoms with Crippen molar-refractivity contribution in [3.8, 4) is 0 Å². The van der Waals surface area contributed by atoms with Gasteiger partial charge in [0.2, 0.25) is 0 Å². The molecule has 0 heteroatoms. The zero-order valence-electron chi connectivity index (χ0n) is 9.46. The van der Waals surface area contributed by atoms with E-state index in [1.165, 1.54) is 18.4 Å². The summed E-state index contributed by atoms with van der Waals surface area (Å²) < 4.78 is 0. The molecule has 1 aromatic carbocycles. The van der Waals surface area contributed by atoms with E-state index in [0.717, 1.165) is 11.8 Å². The van der Waals surface area contributed by atoms with Crippen molar-refractivity contribution in [3.05, 3.63) is 35.9 Å². The molecule has 1 aliphatic carbocycles. The van der Waals surface area contributed by atoms with Crippen molar-refractivity contribution in [3.63, 3.8) is 0 Å². The molecule has 0 bridgehead atoms. The number of hydrogen-bond acceptors (Lipinski definition) is 0. The van der Waals surface area contributed by atoms with Crippen LogP contribution in [-0.4, -0.2) is 0 Å². The van der Waals surface area contributed by atoms with Crippen LogP contribution in [0, 0.1) is 11.8 Å². The Morgan fingerprint density at radius 2 is 1.71 bits per heavy atom. The van der Waals surface area contributed by atoms with E-state index < -0.39 is 0 Å². The molecular formula is C14H20. The summed E-state index contributed by atoms with van der Waals surface area (Å²) in [6, 6.07) is 11.0. The highest BCUT2D eigenvalue weighted by molar-refractivity contribution is 5.27. The Balaban J connectivity index is 2.08. The van der Waals surface area contributed by atoms with Crippen molar-refractivity contribution in [2.24, 2.45) is 11.8 Å². The predicted octanol–water partition coefficient (Wildman–Crippen LogP) is 4.01. The molecular weight excluding hydrogens is 168 g/mol. The highest BCUT2D eigenvalue weighted by Crippen LogP contribution is 2.50. The van der Waals surface area contributed by atoms with Gasteiger partial charge in [-0.3, -0.25) is 0 Å². The number of hydrogen-bond donors (Lipinski definition) is 0. The van der Waals surface area contributed by atoms with Gasteiger partial charge in [-0.05, 0) is 35.7 Å². The lowest BCUT2D eigenvalue weighted by molar-refractivity contribution is 0.115. The molecule has 0 radical (unpaired) electrons. The Labute approximate surface area is 87.3 Å². The Bertz CT molecular complexity index is 291. The summed E-state index contributed by atoms with van der Waals surface area (Å²) in [6.07, 6.45) is 2.74. The summed E-state index contributed by atoms with van der Waals surface area (Å²) in [4.78, 5) is 0. The van der Waals surface area contributed by atoms with Crippen molar-refractivity contribution >= 4 is 0 Å². The van der Waals surface area contributed by atoms with Crippen LogP contribution in [0.4, 0.5) is 0 Å². The second kappa shape index (κ2) is 3.42. The average molecular weight is 188 g/mol. The van der Waals surface area contributed by atoms with E-state index in [-0.39, 0.29) is 0 Å². The lowest BCUT2D eigenvalue weighted by Crippen LogP contribution is -2.40. The van der Waals surface area contributed by atoms with Gasteiger partial charge in [-0.25, -0.2) is 0 Å². The molecule has 2 rings (SSSR count). The van der Waals surface area contributed by atoms with Gasteiger partial charge in [0.05, 0.1) is 0 Å². The van der Waals surface area contributed by atoms with Gasteiger partial charge in [0.25, 0.3) is 0 Å². The molecule has 1 saturated carbocycles. The third kappa shape index (κ3) is 1.58. The third-order valence-corrected chi connectivity index (χ3v) is 3.84. The molecule has 0 nitrogen and oxygen atoms in total. The number of rotatable bonds is 2. The Hall–Kier alpha value is -0.780. The Morgan fingerprint density at radius 1 is 1.14 bits per heavy atom. The second-order valence-corrected chi connectivity index (χ2v) is 5.34. The largest absolute Gasteiger partial charge is 0.0625 e. The van der Waals surface area contributed by atoms with Crippen molar-refractivity contribution < 1.29 is 0 Å². The molecule has 0 N–H and O–H groups in total. The summed E-state index contributed by atoms with van der Waals surface area (Å²) in [7, 11) is 0. The Kier molecular flexibility index (Phi) is 2.38. The van der Waals surface area contributed by atoms with E-state index in [4.69, 9.17) is 0 Å². The molecule has 14 heavy (non-hydrogen) atoms. The minimum absolute atomic E-state index is 0.468. The van der Waals surface area contributed by atoms with Gasteiger partial charge in [0.15, 0.2) is 0 Å². The van der Waals surface area contributed by atoms with Crippen LogP contribution in [-0.2, 0) is 5.41 Å². The predicted molar refractivity (Wildman–Crippen MR) is 61.4 cm³/mol. The zero-order chi connectivity index (χ0) is 10.2. The molecule has 1 fully saturated rings. The molecule has 0 aliphatic heterocycles. The number of benzene rings is 1. The smallest absolute Gasteiger partial charge is 0.00698 e. The molecule has 0 unspecified atom stereocenters. The molecule has 0 heterocycles. The van der Waals surface area contributed by atoms with Crippen LogP contribution in [0.2, 0.25) is 0 Å². The van der Waals surface area contributed by atoms with Gasteiger partial charge in [-0.15, -0.1) is 0 Å². The highest BCUT2D eigenvalue weighted by atomic mass is 14.5. The molecule has 0 aromatic heterocycles. The van der Waals surface area contributed by atoms with Gasteiger partial charge in [-0.2, -0.15) is 0 Å².